The molecule has 4 rings (SSSR count). The van der Waals surface area contributed by atoms with Crippen molar-refractivity contribution in [3.05, 3.63) is 68.8 Å². The Balaban J connectivity index is 0.000000514. The molecule has 0 saturated carbocycles. The van der Waals surface area contributed by atoms with Gasteiger partial charge in [0.05, 0.1) is 0 Å². The van der Waals surface area contributed by atoms with E-state index in [0.29, 0.717) is 12.8 Å². The molecule has 98 heavy (non-hydrogen) atoms. The van der Waals surface area contributed by atoms with Gasteiger partial charge >= 0.3 is 11.9 Å². The lowest BCUT2D eigenvalue weighted by atomic mass is 9.83. The number of hydrogen-bond donors (Lipinski definition) is 0. The Hall–Kier alpha value is -3.62. The average molecular weight is 1360 g/mol. The van der Waals surface area contributed by atoms with Gasteiger partial charge in [0.25, 0.3) is 0 Å². The number of rotatable bonds is 52. The van der Waals surface area contributed by atoms with Crippen LogP contribution in [0, 0.1) is 77.0 Å². The predicted molar refractivity (Wildman–Crippen MR) is 424 cm³/mol. The predicted octanol–water partition coefficient (Wildman–Crippen LogP) is 26.1. The average Bonchev–Trinajstić information content (AvgIpc) is 0.769. The Labute approximate surface area is 607 Å². The number of allylic oxidation sites excluding steroid dienone is 4. The lowest BCUT2D eigenvalue weighted by Crippen LogP contribution is -2.37. The summed E-state index contributed by atoms with van der Waals surface area (Å²) in [5.41, 5.74) is 8.77. The minimum atomic E-state index is -0.127. The fraction of sp³-hybridized carbons (Fsp3) is 0.800. The van der Waals surface area contributed by atoms with Crippen LogP contribution in [-0.4, -0.2) is 74.2 Å². The molecular weight excluding hydrogens is 1200 g/mol. The van der Waals surface area contributed by atoms with Crippen LogP contribution in [0.2, 0.25) is 0 Å². The topological polar surface area (TPSA) is 77.5 Å². The second kappa shape index (κ2) is 49.9. The van der Waals surface area contributed by atoms with Crippen molar-refractivity contribution in [1.82, 2.24) is 9.80 Å². The summed E-state index contributed by atoms with van der Waals surface area (Å²) in [6, 6.07) is 0. The summed E-state index contributed by atoms with van der Waals surface area (Å²) < 4.78 is 25.7. The lowest BCUT2D eigenvalue weighted by molar-refractivity contribution is -0.135. The Morgan fingerprint density at radius 3 is 1.04 bits per heavy atom. The largest absolute Gasteiger partial charge is 0.487 e. The van der Waals surface area contributed by atoms with Crippen molar-refractivity contribution < 1.29 is 28.5 Å². The van der Waals surface area contributed by atoms with Gasteiger partial charge in [-0.05, 0) is 275 Å². The van der Waals surface area contributed by atoms with Crippen molar-refractivity contribution in [3.8, 4) is 23.0 Å². The molecule has 0 amide bonds. The Morgan fingerprint density at radius 2 is 0.694 bits per heavy atom. The first-order valence-electron chi connectivity index (χ1n) is 41.3. The highest BCUT2D eigenvalue weighted by Gasteiger charge is 2.37. The molecule has 0 aromatic heterocycles. The summed E-state index contributed by atoms with van der Waals surface area (Å²) in [5, 5.41) is 0. The third-order valence-electron chi connectivity index (χ3n) is 22.4. The van der Waals surface area contributed by atoms with Crippen molar-refractivity contribution in [1.29, 1.82) is 0 Å². The minimum absolute atomic E-state index is 0.0921. The van der Waals surface area contributed by atoms with Gasteiger partial charge in [-0.15, -0.1) is 0 Å². The van der Waals surface area contributed by atoms with Crippen LogP contribution >= 0.6 is 0 Å². The van der Waals surface area contributed by atoms with E-state index < -0.39 is 0 Å². The molecule has 0 bridgehead atoms. The van der Waals surface area contributed by atoms with E-state index in [0.717, 1.165) is 175 Å². The molecule has 2 aliphatic rings. The molecule has 0 N–H and O–H groups in total. The van der Waals surface area contributed by atoms with Gasteiger partial charge in [0, 0.05) is 24.0 Å². The minimum Gasteiger partial charge on any atom is -0.487 e. The third kappa shape index (κ3) is 37.0. The normalized spacial score (nSPS) is 17.5. The fourth-order valence-corrected chi connectivity index (χ4v) is 15.2. The van der Waals surface area contributed by atoms with Gasteiger partial charge in [-0.1, -0.05) is 227 Å². The fourth-order valence-electron chi connectivity index (χ4n) is 15.2. The number of hydrogen-bond acceptors (Lipinski definition) is 8. The van der Waals surface area contributed by atoms with Gasteiger partial charge in [-0.3, -0.25) is 9.59 Å². The number of esters is 2. The molecule has 2 aromatic carbocycles. The molecule has 0 unspecified atom stereocenters. The monoisotopic (exact) mass is 1360 g/mol. The summed E-state index contributed by atoms with van der Waals surface area (Å²) in [6.45, 7) is 38.8. The van der Waals surface area contributed by atoms with E-state index >= 15 is 0 Å². The van der Waals surface area contributed by atoms with Crippen molar-refractivity contribution >= 4 is 11.9 Å². The van der Waals surface area contributed by atoms with E-state index in [-0.39, 0.29) is 23.1 Å². The summed E-state index contributed by atoms with van der Waals surface area (Å²) in [6.07, 6.45) is 59.3. The van der Waals surface area contributed by atoms with Gasteiger partial charge in [0.15, 0.2) is 0 Å². The lowest BCUT2D eigenvalue weighted by Gasteiger charge is -2.38. The molecule has 8 nitrogen and oxygen atoms in total. The van der Waals surface area contributed by atoms with Gasteiger partial charge in [0.2, 0.25) is 0 Å². The molecular formula is C90H158N2O6. The first-order valence-corrected chi connectivity index (χ1v) is 41.3. The molecule has 0 radical (unpaired) electrons. The van der Waals surface area contributed by atoms with Crippen LogP contribution in [0.4, 0.5) is 0 Å². The molecule has 0 spiro atoms. The summed E-state index contributed by atoms with van der Waals surface area (Å²) in [4.78, 5) is 30.3. The smallest absolute Gasteiger partial charge is 0.311 e. The van der Waals surface area contributed by atoms with E-state index in [9.17, 15) is 9.59 Å². The Bertz CT molecular complexity index is 2560. The number of ether oxygens (including phenoxy) is 4. The highest BCUT2D eigenvalue weighted by molar-refractivity contribution is 5.75. The SMILES string of the molecule is Cc1c(C)c2c(c(C)c1OC(=O)CCCCCC/C=C\C/C=C\CCCCCN(C)C)CC[C@@](C)(CCC[C@H](C)CCC[C@H](C)CCCC(C)C)O2.Cc1c(C)c2c(c(C)c1OC(=O)CCCCCCCCCCN(C)C)CC[C@@](C)(CCC[C@H](C)CCC[C@H](C)CCCC(C)C)O2. The number of benzene rings is 2. The molecule has 0 aliphatic carbocycles. The van der Waals surface area contributed by atoms with Crippen molar-refractivity contribution in [2.75, 3.05) is 41.3 Å². The van der Waals surface area contributed by atoms with E-state index in [1.807, 2.05) is 0 Å². The van der Waals surface area contributed by atoms with E-state index in [4.69, 9.17) is 18.9 Å². The molecule has 0 fully saturated rings. The van der Waals surface area contributed by atoms with Crippen LogP contribution in [0.1, 0.15) is 371 Å². The second-order valence-electron chi connectivity index (χ2n) is 34.0. The number of carbonyl (C=O) groups excluding carboxylic acids is 2. The molecule has 6 atom stereocenters. The highest BCUT2D eigenvalue weighted by Crippen LogP contribution is 2.47. The van der Waals surface area contributed by atoms with Crippen LogP contribution in [0.15, 0.2) is 24.3 Å². The zero-order chi connectivity index (χ0) is 72.5. The number of unbranched alkanes of at least 4 members (excludes halogenated alkanes) is 14. The molecule has 2 aliphatic heterocycles. The zero-order valence-corrected chi connectivity index (χ0v) is 68.2. The van der Waals surface area contributed by atoms with Crippen molar-refractivity contribution in [2.24, 2.45) is 35.5 Å². The maximum Gasteiger partial charge on any atom is 0.311 e. The molecule has 8 heteroatoms. The molecule has 564 valence electrons. The van der Waals surface area contributed by atoms with Crippen LogP contribution in [0.5, 0.6) is 23.0 Å². The van der Waals surface area contributed by atoms with Gasteiger partial charge in [-0.25, -0.2) is 0 Å². The second-order valence-corrected chi connectivity index (χ2v) is 34.0. The number of nitrogens with zero attached hydrogens (tertiary/aromatic N) is 2. The van der Waals surface area contributed by atoms with Gasteiger partial charge in [-0.2, -0.15) is 0 Å². The summed E-state index contributed by atoms with van der Waals surface area (Å²) in [7, 11) is 8.58. The van der Waals surface area contributed by atoms with Crippen LogP contribution in [0.3, 0.4) is 0 Å². The first kappa shape index (κ1) is 88.6. The highest BCUT2D eigenvalue weighted by atomic mass is 16.5. The standard InChI is InChI=1S/C48H83NO3.C42H75NO3/c1-38(2)28-25-29-39(3)30-26-31-40(4)32-27-35-48(8)36-34-44-43(7)46(41(5)42(6)47(44)52-48)51-45(50)33-23-21-19-17-15-13-11-12-14-16-18-20-22-24-37-49(9)10;1-32(2)22-19-23-33(3)24-20-25-34(4)26-21-29-42(8)30-28-38-37(7)40(35(5)36(6)41(38)46-42)45-39(44)27-17-15-13-11-12-14-16-18-31-43(9)10/h11,13-14,16,38-40H,12,15,17-37H2,1-10H3;32-34H,11-31H2,1-10H3/b13-11-,16-14-;/t39-,40-,48-;33-,34-,42-/m11/s1. The van der Waals surface area contributed by atoms with Crippen LogP contribution in [-0.2, 0) is 22.4 Å². The Kier molecular flexibility index (Phi) is 45.1. The third-order valence-corrected chi connectivity index (χ3v) is 22.4. The first-order chi connectivity index (χ1) is 46.6. The maximum absolute atomic E-state index is 12.9. The number of carbonyl (C=O) groups is 2. The van der Waals surface area contributed by atoms with Gasteiger partial charge < -0.3 is 28.7 Å². The summed E-state index contributed by atoms with van der Waals surface area (Å²) in [5.74, 6) is 8.39. The van der Waals surface area contributed by atoms with E-state index in [1.54, 1.807) is 0 Å². The van der Waals surface area contributed by atoms with Crippen LogP contribution in [0.25, 0.3) is 0 Å². The molecule has 2 aromatic rings. The molecule has 0 saturated heterocycles. The van der Waals surface area contributed by atoms with Crippen LogP contribution < -0.4 is 18.9 Å². The number of fused-ring (bicyclic) bond motifs is 2. The molecule has 2 heterocycles. The Morgan fingerprint density at radius 1 is 0.388 bits per heavy atom. The van der Waals surface area contributed by atoms with E-state index in [1.165, 1.54) is 198 Å². The quantitative estimate of drug-likeness (QED) is 0.0281. The zero-order valence-electron chi connectivity index (χ0n) is 68.2. The summed E-state index contributed by atoms with van der Waals surface area (Å²) >= 11 is 0. The van der Waals surface area contributed by atoms with E-state index in [2.05, 4.69) is 173 Å². The van der Waals surface area contributed by atoms with Crippen molar-refractivity contribution in [2.45, 2.75) is 392 Å². The van der Waals surface area contributed by atoms with Crippen molar-refractivity contribution in [3.63, 3.8) is 0 Å². The van der Waals surface area contributed by atoms with Gasteiger partial charge in [0.1, 0.15) is 34.2 Å². The maximum atomic E-state index is 12.9.